The standard InChI is InChI=1S/C20H26ClN3.ClH/c1-5-14-9-8-10-17(12-14)24(4)20(22)23-18-13-15(6-2)11-16(7-3)19(18)21;/h8-13H,5-7H2,1-4H3,(H2,22,23);1H. The predicted octanol–water partition coefficient (Wildman–Crippen LogP) is 5.53. The molecule has 0 unspecified atom stereocenters. The third kappa shape index (κ3) is 5.13. The summed E-state index contributed by atoms with van der Waals surface area (Å²) in [6, 6.07) is 12.5. The largest absolute Gasteiger partial charge is 0.369 e. The van der Waals surface area contributed by atoms with Gasteiger partial charge in [-0.05, 0) is 54.2 Å². The van der Waals surface area contributed by atoms with E-state index in [1.54, 1.807) is 0 Å². The first kappa shape index (κ1) is 21.3. The molecule has 5 heteroatoms. The van der Waals surface area contributed by atoms with E-state index in [0.717, 1.165) is 36.2 Å². The van der Waals surface area contributed by atoms with Crippen molar-refractivity contribution >= 4 is 41.3 Å². The Morgan fingerprint density at radius 3 is 2.32 bits per heavy atom. The monoisotopic (exact) mass is 379 g/mol. The first-order valence-electron chi connectivity index (χ1n) is 8.48. The van der Waals surface area contributed by atoms with Crippen molar-refractivity contribution in [3.8, 4) is 0 Å². The molecule has 0 radical (unpaired) electrons. The number of aryl methyl sites for hydroxylation is 3. The number of rotatable bonds is 5. The van der Waals surface area contributed by atoms with E-state index >= 15 is 0 Å². The van der Waals surface area contributed by atoms with Crippen molar-refractivity contribution in [3.05, 3.63) is 58.1 Å². The summed E-state index contributed by atoms with van der Waals surface area (Å²) in [5.74, 6) is 0.431. The highest BCUT2D eigenvalue weighted by atomic mass is 35.5. The van der Waals surface area contributed by atoms with Gasteiger partial charge in [-0.2, -0.15) is 0 Å². The van der Waals surface area contributed by atoms with Crippen LogP contribution in [0.3, 0.4) is 0 Å². The van der Waals surface area contributed by atoms with E-state index in [2.05, 4.69) is 44.0 Å². The summed E-state index contributed by atoms with van der Waals surface area (Å²) in [5.41, 5.74) is 11.6. The zero-order valence-electron chi connectivity index (χ0n) is 15.3. The van der Waals surface area contributed by atoms with E-state index in [1.807, 2.05) is 30.1 Å². The van der Waals surface area contributed by atoms with Gasteiger partial charge in [-0.25, -0.2) is 4.99 Å². The average Bonchev–Trinajstić information content (AvgIpc) is 2.62. The number of nitrogens with two attached hydrogens (primary N) is 1. The van der Waals surface area contributed by atoms with Gasteiger partial charge >= 0.3 is 0 Å². The maximum atomic E-state index is 6.50. The number of guanidine groups is 1. The van der Waals surface area contributed by atoms with Crippen molar-refractivity contribution in [1.29, 1.82) is 0 Å². The second-order valence-corrected chi connectivity index (χ2v) is 6.23. The van der Waals surface area contributed by atoms with Crippen molar-refractivity contribution in [2.75, 3.05) is 11.9 Å². The van der Waals surface area contributed by atoms with Gasteiger partial charge in [0.25, 0.3) is 0 Å². The molecule has 0 fully saturated rings. The topological polar surface area (TPSA) is 41.6 Å². The molecule has 2 rings (SSSR count). The number of nitrogens with zero attached hydrogens (tertiary/aromatic N) is 2. The quantitative estimate of drug-likeness (QED) is 0.547. The number of anilines is 1. The summed E-state index contributed by atoms with van der Waals surface area (Å²) >= 11 is 6.50. The smallest absolute Gasteiger partial charge is 0.200 e. The number of benzene rings is 2. The SMILES string of the molecule is CCc1cccc(N(C)C(N)=Nc2cc(CC)cc(CC)c2Cl)c1.Cl. The zero-order valence-corrected chi connectivity index (χ0v) is 16.9. The van der Waals surface area contributed by atoms with Gasteiger partial charge in [-0.1, -0.05) is 50.6 Å². The molecule has 0 amide bonds. The van der Waals surface area contributed by atoms with Crippen LogP contribution in [0.4, 0.5) is 11.4 Å². The molecule has 25 heavy (non-hydrogen) atoms. The Balaban J connectivity index is 0.00000312. The third-order valence-corrected chi connectivity index (χ3v) is 4.70. The Bertz CT molecular complexity index is 742. The van der Waals surface area contributed by atoms with Gasteiger partial charge in [0.2, 0.25) is 5.96 Å². The van der Waals surface area contributed by atoms with Gasteiger partial charge < -0.3 is 10.6 Å². The molecule has 0 heterocycles. The van der Waals surface area contributed by atoms with E-state index in [4.69, 9.17) is 17.3 Å². The lowest BCUT2D eigenvalue weighted by Gasteiger charge is -2.19. The summed E-state index contributed by atoms with van der Waals surface area (Å²) in [7, 11) is 1.92. The van der Waals surface area contributed by atoms with Gasteiger partial charge in [0, 0.05) is 12.7 Å². The summed E-state index contributed by atoms with van der Waals surface area (Å²) < 4.78 is 0. The maximum absolute atomic E-state index is 6.50. The minimum absolute atomic E-state index is 0. The number of aliphatic imine (C=N–C) groups is 1. The fraction of sp³-hybridized carbons (Fsp3) is 0.350. The van der Waals surface area contributed by atoms with Gasteiger partial charge in [-0.15, -0.1) is 12.4 Å². The molecular formula is C20H27Cl2N3. The van der Waals surface area contributed by atoms with E-state index in [1.165, 1.54) is 11.1 Å². The molecule has 2 aromatic carbocycles. The van der Waals surface area contributed by atoms with E-state index in [9.17, 15) is 0 Å². The molecular weight excluding hydrogens is 353 g/mol. The van der Waals surface area contributed by atoms with Crippen LogP contribution in [0, 0.1) is 0 Å². The van der Waals surface area contributed by atoms with Gasteiger partial charge in [0.05, 0.1) is 10.7 Å². The molecule has 0 atom stereocenters. The third-order valence-electron chi connectivity index (χ3n) is 4.26. The normalized spacial score (nSPS) is 11.2. The van der Waals surface area contributed by atoms with Crippen LogP contribution in [-0.4, -0.2) is 13.0 Å². The van der Waals surface area contributed by atoms with Crippen LogP contribution in [-0.2, 0) is 19.3 Å². The van der Waals surface area contributed by atoms with Crippen LogP contribution in [0.5, 0.6) is 0 Å². The molecule has 0 saturated carbocycles. The Morgan fingerprint density at radius 1 is 1.04 bits per heavy atom. The van der Waals surface area contributed by atoms with Crippen molar-refractivity contribution in [3.63, 3.8) is 0 Å². The summed E-state index contributed by atoms with van der Waals surface area (Å²) in [4.78, 5) is 6.48. The molecule has 0 spiro atoms. The van der Waals surface area contributed by atoms with Crippen molar-refractivity contribution in [1.82, 2.24) is 0 Å². The van der Waals surface area contributed by atoms with Crippen LogP contribution in [0.2, 0.25) is 5.02 Å². The van der Waals surface area contributed by atoms with Gasteiger partial charge in [0.1, 0.15) is 0 Å². The molecule has 2 N–H and O–H groups in total. The average molecular weight is 380 g/mol. The van der Waals surface area contributed by atoms with Crippen LogP contribution in [0.1, 0.15) is 37.5 Å². The first-order chi connectivity index (χ1) is 11.5. The van der Waals surface area contributed by atoms with Gasteiger partial charge in [-0.3, -0.25) is 0 Å². The van der Waals surface area contributed by atoms with Crippen LogP contribution in [0.25, 0.3) is 0 Å². The Labute approximate surface area is 162 Å². The number of hydrogen-bond donors (Lipinski definition) is 1. The molecule has 0 aliphatic carbocycles. The molecule has 136 valence electrons. The first-order valence-corrected chi connectivity index (χ1v) is 8.86. The van der Waals surface area contributed by atoms with E-state index in [-0.39, 0.29) is 12.4 Å². The molecule has 0 aromatic heterocycles. The van der Waals surface area contributed by atoms with E-state index in [0.29, 0.717) is 11.0 Å². The van der Waals surface area contributed by atoms with Crippen molar-refractivity contribution < 1.29 is 0 Å². The van der Waals surface area contributed by atoms with Crippen molar-refractivity contribution in [2.24, 2.45) is 10.7 Å². The second-order valence-electron chi connectivity index (χ2n) is 5.85. The highest BCUT2D eigenvalue weighted by Crippen LogP contribution is 2.31. The fourth-order valence-corrected chi connectivity index (χ4v) is 2.88. The summed E-state index contributed by atoms with van der Waals surface area (Å²) in [6.07, 6.45) is 2.81. The molecule has 2 aromatic rings. The zero-order chi connectivity index (χ0) is 17.7. The lowest BCUT2D eigenvalue weighted by Crippen LogP contribution is -2.33. The van der Waals surface area contributed by atoms with Crippen LogP contribution in [0.15, 0.2) is 41.4 Å². The Hall–Kier alpha value is -1.71. The summed E-state index contributed by atoms with van der Waals surface area (Å²) in [6.45, 7) is 6.36. The number of halogens is 2. The Kier molecular flexibility index (Phi) is 8.27. The highest BCUT2D eigenvalue weighted by molar-refractivity contribution is 6.34. The number of hydrogen-bond acceptors (Lipinski definition) is 1. The highest BCUT2D eigenvalue weighted by Gasteiger charge is 2.10. The molecule has 0 saturated heterocycles. The van der Waals surface area contributed by atoms with E-state index < -0.39 is 0 Å². The minimum Gasteiger partial charge on any atom is -0.369 e. The molecule has 3 nitrogen and oxygen atoms in total. The minimum atomic E-state index is 0. The van der Waals surface area contributed by atoms with Crippen molar-refractivity contribution in [2.45, 2.75) is 40.0 Å². The predicted molar refractivity (Wildman–Crippen MR) is 113 cm³/mol. The Morgan fingerprint density at radius 2 is 1.72 bits per heavy atom. The molecule has 0 aliphatic heterocycles. The van der Waals surface area contributed by atoms with Crippen LogP contribution < -0.4 is 10.6 Å². The lowest BCUT2D eigenvalue weighted by molar-refractivity contribution is 1.08. The van der Waals surface area contributed by atoms with Crippen LogP contribution >= 0.6 is 24.0 Å². The fourth-order valence-electron chi connectivity index (χ4n) is 2.59. The summed E-state index contributed by atoms with van der Waals surface area (Å²) in [5, 5.41) is 0.688. The lowest BCUT2D eigenvalue weighted by atomic mass is 10.1. The maximum Gasteiger partial charge on any atom is 0.200 e. The van der Waals surface area contributed by atoms with Gasteiger partial charge in [0.15, 0.2) is 0 Å². The second kappa shape index (κ2) is 9.69. The molecule has 0 bridgehead atoms. The molecule has 0 aliphatic rings.